The third-order valence-electron chi connectivity index (χ3n) is 3.12. The van der Waals surface area contributed by atoms with E-state index in [0.29, 0.717) is 16.7 Å². The standard InChI is InChI=1S/C10H18N2S/c1-7-6-11-9(13-7)12-8-4-5-10(8,2)3/h7-8H,4-6H2,1-3H3,(H,11,12). The molecule has 0 amide bonds. The Balaban J connectivity index is 1.86. The average Bonchev–Trinajstić information content (AvgIpc) is 2.46. The Labute approximate surface area is 84.6 Å². The quantitative estimate of drug-likeness (QED) is 0.699. The summed E-state index contributed by atoms with van der Waals surface area (Å²) >= 11 is 1.88. The Morgan fingerprint density at radius 1 is 1.54 bits per heavy atom. The van der Waals surface area contributed by atoms with Crippen molar-refractivity contribution < 1.29 is 0 Å². The molecule has 3 heteroatoms. The predicted octanol–water partition coefficient (Wildman–Crippen LogP) is 2.26. The van der Waals surface area contributed by atoms with Gasteiger partial charge in [-0.05, 0) is 18.3 Å². The molecule has 0 bridgehead atoms. The molecule has 1 heterocycles. The maximum Gasteiger partial charge on any atom is 0.157 e. The van der Waals surface area contributed by atoms with Crippen LogP contribution in [0.15, 0.2) is 4.99 Å². The van der Waals surface area contributed by atoms with Crippen molar-refractivity contribution in [3.05, 3.63) is 0 Å². The molecule has 13 heavy (non-hydrogen) atoms. The van der Waals surface area contributed by atoms with Crippen molar-refractivity contribution in [2.24, 2.45) is 10.4 Å². The third-order valence-corrected chi connectivity index (χ3v) is 4.14. The summed E-state index contributed by atoms with van der Waals surface area (Å²) in [6, 6.07) is 0.657. The number of hydrogen-bond donors (Lipinski definition) is 1. The summed E-state index contributed by atoms with van der Waals surface area (Å²) < 4.78 is 0. The lowest BCUT2D eigenvalue weighted by atomic mass is 9.67. The largest absolute Gasteiger partial charge is 0.362 e. The highest BCUT2D eigenvalue weighted by Crippen LogP contribution is 2.40. The Hall–Kier alpha value is -0.180. The van der Waals surface area contributed by atoms with Crippen molar-refractivity contribution in [3.8, 4) is 0 Å². The topological polar surface area (TPSA) is 24.4 Å². The van der Waals surface area contributed by atoms with Crippen LogP contribution in [0.3, 0.4) is 0 Å². The van der Waals surface area contributed by atoms with E-state index in [2.05, 4.69) is 31.1 Å². The highest BCUT2D eigenvalue weighted by atomic mass is 32.2. The fourth-order valence-electron chi connectivity index (χ4n) is 1.84. The van der Waals surface area contributed by atoms with Crippen LogP contribution in [-0.2, 0) is 0 Å². The molecule has 1 saturated carbocycles. The molecule has 1 aliphatic carbocycles. The molecule has 2 unspecified atom stereocenters. The van der Waals surface area contributed by atoms with Gasteiger partial charge in [-0.2, -0.15) is 0 Å². The summed E-state index contributed by atoms with van der Waals surface area (Å²) in [5, 5.41) is 5.39. The molecule has 1 aliphatic heterocycles. The normalized spacial score (nSPS) is 36.7. The maximum absolute atomic E-state index is 4.47. The van der Waals surface area contributed by atoms with E-state index >= 15 is 0 Å². The van der Waals surface area contributed by atoms with Crippen LogP contribution in [0.1, 0.15) is 33.6 Å². The molecule has 0 spiro atoms. The van der Waals surface area contributed by atoms with Crippen molar-refractivity contribution in [3.63, 3.8) is 0 Å². The zero-order valence-corrected chi connectivity index (χ0v) is 9.45. The SMILES string of the molecule is CC1CN=C(NC2CCC2(C)C)S1. The minimum absolute atomic E-state index is 0.481. The van der Waals surface area contributed by atoms with Gasteiger partial charge in [0.15, 0.2) is 5.17 Å². The first kappa shape index (κ1) is 9.38. The number of hydrogen-bond acceptors (Lipinski definition) is 3. The molecule has 0 radical (unpaired) electrons. The van der Waals surface area contributed by atoms with Gasteiger partial charge in [0.25, 0.3) is 0 Å². The van der Waals surface area contributed by atoms with Crippen molar-refractivity contribution >= 4 is 16.9 Å². The average molecular weight is 198 g/mol. The molecular weight excluding hydrogens is 180 g/mol. The number of nitrogens with one attached hydrogen (secondary N) is 1. The first-order valence-electron chi connectivity index (χ1n) is 5.05. The van der Waals surface area contributed by atoms with Crippen LogP contribution in [-0.4, -0.2) is 23.0 Å². The number of nitrogens with zero attached hydrogens (tertiary/aromatic N) is 1. The van der Waals surface area contributed by atoms with Gasteiger partial charge in [0, 0.05) is 11.3 Å². The molecule has 2 rings (SSSR count). The zero-order chi connectivity index (χ0) is 9.47. The summed E-state index contributed by atoms with van der Waals surface area (Å²) in [5.74, 6) is 0. The van der Waals surface area contributed by atoms with Crippen LogP contribution in [0.25, 0.3) is 0 Å². The molecule has 1 fully saturated rings. The molecule has 0 aromatic heterocycles. The van der Waals surface area contributed by atoms with Gasteiger partial charge in [-0.1, -0.05) is 32.5 Å². The van der Waals surface area contributed by atoms with Gasteiger partial charge in [-0.25, -0.2) is 0 Å². The Bertz CT molecular complexity index is 235. The van der Waals surface area contributed by atoms with Crippen molar-refractivity contribution in [1.29, 1.82) is 0 Å². The van der Waals surface area contributed by atoms with Crippen molar-refractivity contribution in [2.75, 3.05) is 6.54 Å². The van der Waals surface area contributed by atoms with Crippen LogP contribution in [0, 0.1) is 5.41 Å². The van der Waals surface area contributed by atoms with E-state index in [1.165, 1.54) is 18.0 Å². The van der Waals surface area contributed by atoms with Crippen molar-refractivity contribution in [2.45, 2.75) is 44.9 Å². The fourth-order valence-corrected chi connectivity index (χ4v) is 2.73. The Morgan fingerprint density at radius 3 is 2.69 bits per heavy atom. The fraction of sp³-hybridized carbons (Fsp3) is 0.900. The molecule has 2 nitrogen and oxygen atoms in total. The number of amidine groups is 1. The second-order valence-corrected chi connectivity index (χ2v) is 6.23. The van der Waals surface area contributed by atoms with E-state index in [0.717, 1.165) is 6.54 Å². The van der Waals surface area contributed by atoms with Gasteiger partial charge in [0.2, 0.25) is 0 Å². The highest BCUT2D eigenvalue weighted by Gasteiger charge is 2.39. The molecule has 0 aromatic carbocycles. The van der Waals surface area contributed by atoms with E-state index < -0.39 is 0 Å². The second-order valence-electron chi connectivity index (χ2n) is 4.80. The Morgan fingerprint density at radius 2 is 2.31 bits per heavy atom. The highest BCUT2D eigenvalue weighted by molar-refractivity contribution is 8.14. The monoisotopic (exact) mass is 198 g/mol. The first-order chi connectivity index (χ1) is 6.08. The van der Waals surface area contributed by atoms with Crippen LogP contribution in [0.4, 0.5) is 0 Å². The number of rotatable bonds is 1. The molecule has 0 saturated heterocycles. The number of aliphatic imine (C=N–C) groups is 1. The second kappa shape index (κ2) is 3.19. The lowest BCUT2D eigenvalue weighted by Crippen LogP contribution is -2.51. The van der Waals surface area contributed by atoms with E-state index in [1.54, 1.807) is 0 Å². The van der Waals surface area contributed by atoms with Gasteiger partial charge >= 0.3 is 0 Å². The molecule has 2 aliphatic rings. The molecule has 2 atom stereocenters. The zero-order valence-electron chi connectivity index (χ0n) is 8.63. The van der Waals surface area contributed by atoms with Crippen LogP contribution in [0.5, 0.6) is 0 Å². The van der Waals surface area contributed by atoms with Crippen LogP contribution in [0.2, 0.25) is 0 Å². The first-order valence-corrected chi connectivity index (χ1v) is 5.93. The summed E-state index contributed by atoms with van der Waals surface area (Å²) in [6.45, 7) is 7.88. The van der Waals surface area contributed by atoms with Gasteiger partial charge in [0.05, 0.1) is 6.54 Å². The van der Waals surface area contributed by atoms with Gasteiger partial charge in [-0.15, -0.1) is 0 Å². The van der Waals surface area contributed by atoms with Gasteiger partial charge < -0.3 is 5.32 Å². The Kier molecular flexibility index (Phi) is 2.30. The minimum Gasteiger partial charge on any atom is -0.362 e. The molecule has 1 N–H and O–H groups in total. The summed E-state index contributed by atoms with van der Waals surface area (Å²) in [4.78, 5) is 4.47. The maximum atomic E-state index is 4.47. The summed E-state index contributed by atoms with van der Waals surface area (Å²) in [6.07, 6.45) is 2.65. The molecule has 74 valence electrons. The lowest BCUT2D eigenvalue weighted by Gasteiger charge is -2.45. The predicted molar refractivity (Wildman–Crippen MR) is 59.3 cm³/mol. The van der Waals surface area contributed by atoms with Gasteiger partial charge in [-0.3, -0.25) is 4.99 Å². The van der Waals surface area contributed by atoms with Crippen molar-refractivity contribution in [1.82, 2.24) is 5.32 Å². The molecule has 0 aromatic rings. The van der Waals surface area contributed by atoms with Gasteiger partial charge in [0.1, 0.15) is 0 Å². The van der Waals surface area contributed by atoms with E-state index in [4.69, 9.17) is 0 Å². The third kappa shape index (κ3) is 1.85. The smallest absolute Gasteiger partial charge is 0.157 e. The minimum atomic E-state index is 0.481. The summed E-state index contributed by atoms with van der Waals surface area (Å²) in [5.41, 5.74) is 0.481. The van der Waals surface area contributed by atoms with E-state index in [9.17, 15) is 0 Å². The number of thioether (sulfide) groups is 1. The van der Waals surface area contributed by atoms with Crippen LogP contribution >= 0.6 is 11.8 Å². The van der Waals surface area contributed by atoms with E-state index in [-0.39, 0.29) is 0 Å². The summed E-state index contributed by atoms with van der Waals surface area (Å²) in [7, 11) is 0. The lowest BCUT2D eigenvalue weighted by molar-refractivity contribution is 0.127. The molecular formula is C10H18N2S. The van der Waals surface area contributed by atoms with E-state index in [1.807, 2.05) is 11.8 Å². The van der Waals surface area contributed by atoms with Crippen LogP contribution < -0.4 is 5.32 Å².